The lowest BCUT2D eigenvalue weighted by Crippen LogP contribution is -2.45. The summed E-state index contributed by atoms with van der Waals surface area (Å²) in [5.41, 5.74) is 0. The van der Waals surface area contributed by atoms with Crippen molar-refractivity contribution in [3.05, 3.63) is 28.2 Å². The second-order valence-electron chi connectivity index (χ2n) is 4.56. The van der Waals surface area contributed by atoms with E-state index >= 15 is 0 Å². The zero-order valence-corrected chi connectivity index (χ0v) is 14.6. The van der Waals surface area contributed by atoms with Crippen LogP contribution in [0.25, 0.3) is 0 Å². The van der Waals surface area contributed by atoms with Gasteiger partial charge in [-0.25, -0.2) is 8.42 Å². The minimum Gasteiger partial charge on any atom is -0.385 e. The minimum absolute atomic E-state index is 0.0320. The molecule has 0 fully saturated rings. The smallest absolute Gasteiger partial charge is 0.242 e. The molecule has 0 aromatic heterocycles. The molecule has 1 aromatic carbocycles. The molecular weight excluding hydrogens is 351 g/mol. The highest BCUT2D eigenvalue weighted by molar-refractivity contribution is 7.89. The van der Waals surface area contributed by atoms with Gasteiger partial charge in [-0.2, -0.15) is 4.72 Å². The van der Waals surface area contributed by atoms with Crippen molar-refractivity contribution in [3.8, 4) is 0 Å². The molecule has 0 aliphatic rings. The lowest BCUT2D eigenvalue weighted by Gasteiger charge is -2.15. The Morgan fingerprint density at radius 3 is 2.68 bits per heavy atom. The SMILES string of the molecule is COCCCNC(=O)[C@H](C)NS(=O)(=O)c1cc(Cl)ccc1Cl. The Balaban J connectivity index is 2.71. The summed E-state index contributed by atoms with van der Waals surface area (Å²) in [6.07, 6.45) is 0.641. The molecule has 6 nitrogen and oxygen atoms in total. The maximum atomic E-state index is 12.2. The predicted molar refractivity (Wildman–Crippen MR) is 85.7 cm³/mol. The molecule has 9 heteroatoms. The molecule has 1 rings (SSSR count). The van der Waals surface area contributed by atoms with Gasteiger partial charge in [-0.15, -0.1) is 0 Å². The molecule has 1 amide bonds. The van der Waals surface area contributed by atoms with E-state index in [1.54, 1.807) is 7.11 Å². The minimum atomic E-state index is -3.94. The first kappa shape index (κ1) is 19.2. The first-order valence-electron chi connectivity index (χ1n) is 6.52. The van der Waals surface area contributed by atoms with Crippen molar-refractivity contribution >= 4 is 39.1 Å². The number of halogens is 2. The van der Waals surface area contributed by atoms with Gasteiger partial charge in [0.1, 0.15) is 4.90 Å². The van der Waals surface area contributed by atoms with Crippen LogP contribution in [0.1, 0.15) is 13.3 Å². The fourth-order valence-electron chi connectivity index (χ4n) is 1.61. The predicted octanol–water partition coefficient (Wildman–Crippen LogP) is 1.81. The van der Waals surface area contributed by atoms with E-state index < -0.39 is 22.0 Å². The van der Waals surface area contributed by atoms with Gasteiger partial charge in [0.2, 0.25) is 15.9 Å². The molecule has 0 spiro atoms. The number of sulfonamides is 1. The van der Waals surface area contributed by atoms with Gasteiger partial charge >= 0.3 is 0 Å². The highest BCUT2D eigenvalue weighted by Crippen LogP contribution is 2.24. The van der Waals surface area contributed by atoms with E-state index in [0.29, 0.717) is 19.6 Å². The number of ether oxygens (including phenoxy) is 1. The second kappa shape index (κ2) is 8.69. The van der Waals surface area contributed by atoms with E-state index in [-0.39, 0.29) is 14.9 Å². The number of carbonyl (C=O) groups excluding carboxylic acids is 1. The molecule has 2 N–H and O–H groups in total. The van der Waals surface area contributed by atoms with E-state index in [4.69, 9.17) is 27.9 Å². The molecule has 1 aromatic rings. The summed E-state index contributed by atoms with van der Waals surface area (Å²) in [5.74, 6) is -0.433. The van der Waals surface area contributed by atoms with Crippen LogP contribution in [0.15, 0.2) is 23.1 Å². The van der Waals surface area contributed by atoms with Crippen LogP contribution in [-0.2, 0) is 19.6 Å². The summed E-state index contributed by atoms with van der Waals surface area (Å²) in [5, 5.41) is 2.88. The van der Waals surface area contributed by atoms with E-state index in [2.05, 4.69) is 10.0 Å². The van der Waals surface area contributed by atoms with Crippen LogP contribution in [0, 0.1) is 0 Å². The number of benzene rings is 1. The fraction of sp³-hybridized carbons (Fsp3) is 0.462. The Kier molecular flexibility index (Phi) is 7.58. The summed E-state index contributed by atoms with van der Waals surface area (Å²) in [7, 11) is -2.38. The van der Waals surface area contributed by atoms with Gasteiger partial charge in [0, 0.05) is 25.3 Å². The third-order valence-electron chi connectivity index (χ3n) is 2.73. The number of nitrogens with one attached hydrogen (secondary N) is 2. The Hall–Kier alpha value is -0.860. The van der Waals surface area contributed by atoms with Crippen molar-refractivity contribution < 1.29 is 17.9 Å². The number of methoxy groups -OCH3 is 1. The molecule has 124 valence electrons. The van der Waals surface area contributed by atoms with Gasteiger partial charge < -0.3 is 10.1 Å². The van der Waals surface area contributed by atoms with Gasteiger partial charge in [-0.05, 0) is 31.5 Å². The maximum Gasteiger partial charge on any atom is 0.242 e. The van der Waals surface area contributed by atoms with Crippen molar-refractivity contribution in [1.29, 1.82) is 0 Å². The summed E-state index contributed by atoms with van der Waals surface area (Å²) in [4.78, 5) is 11.7. The highest BCUT2D eigenvalue weighted by atomic mass is 35.5. The number of rotatable bonds is 8. The number of hydrogen-bond donors (Lipinski definition) is 2. The zero-order chi connectivity index (χ0) is 16.8. The van der Waals surface area contributed by atoms with Crippen LogP contribution in [0.5, 0.6) is 0 Å². The van der Waals surface area contributed by atoms with Crippen LogP contribution < -0.4 is 10.0 Å². The van der Waals surface area contributed by atoms with Crippen molar-refractivity contribution in [2.45, 2.75) is 24.3 Å². The molecular formula is C13H18Cl2N2O4S. The molecule has 0 saturated heterocycles. The fourth-order valence-corrected chi connectivity index (χ4v) is 3.58. The van der Waals surface area contributed by atoms with Crippen LogP contribution in [0.4, 0.5) is 0 Å². The monoisotopic (exact) mass is 368 g/mol. The van der Waals surface area contributed by atoms with Crippen LogP contribution in [-0.4, -0.2) is 40.6 Å². The van der Waals surface area contributed by atoms with E-state index in [1.807, 2.05) is 0 Å². The van der Waals surface area contributed by atoms with Crippen LogP contribution >= 0.6 is 23.2 Å². The summed E-state index contributed by atoms with van der Waals surface area (Å²) in [6, 6.07) is 3.15. The Bertz CT molecular complexity index is 622. The standard InChI is InChI=1S/C13H18Cl2N2O4S/c1-9(13(18)16-6-3-7-21-2)17-22(19,20)12-8-10(14)4-5-11(12)15/h4-5,8-9,17H,3,6-7H2,1-2H3,(H,16,18)/t9-/m0/s1. The van der Waals surface area contributed by atoms with Crippen LogP contribution in [0.3, 0.4) is 0 Å². The molecule has 0 heterocycles. The topological polar surface area (TPSA) is 84.5 Å². The largest absolute Gasteiger partial charge is 0.385 e. The van der Waals surface area contributed by atoms with E-state index in [9.17, 15) is 13.2 Å². The molecule has 0 bridgehead atoms. The van der Waals surface area contributed by atoms with Gasteiger partial charge in [-0.1, -0.05) is 23.2 Å². The molecule has 0 radical (unpaired) electrons. The molecule has 0 saturated carbocycles. The highest BCUT2D eigenvalue weighted by Gasteiger charge is 2.24. The van der Waals surface area contributed by atoms with Gasteiger partial charge in [0.25, 0.3) is 0 Å². The molecule has 22 heavy (non-hydrogen) atoms. The number of hydrogen-bond acceptors (Lipinski definition) is 4. The quantitative estimate of drug-likeness (QED) is 0.685. The number of amides is 1. The Morgan fingerprint density at radius 2 is 2.05 bits per heavy atom. The molecule has 1 atom stereocenters. The molecule has 0 aliphatic heterocycles. The average molecular weight is 369 g/mol. The third kappa shape index (κ3) is 5.73. The number of carbonyl (C=O) groups is 1. The normalized spacial score (nSPS) is 12.9. The van der Waals surface area contributed by atoms with Crippen molar-refractivity contribution in [1.82, 2.24) is 10.0 Å². The Morgan fingerprint density at radius 1 is 1.36 bits per heavy atom. The van der Waals surface area contributed by atoms with Gasteiger partial charge in [0.05, 0.1) is 11.1 Å². The lowest BCUT2D eigenvalue weighted by molar-refractivity contribution is -0.122. The Labute approximate surface area is 140 Å². The van der Waals surface area contributed by atoms with Crippen molar-refractivity contribution in [2.75, 3.05) is 20.3 Å². The second-order valence-corrected chi connectivity index (χ2v) is 7.08. The molecule has 0 unspecified atom stereocenters. The third-order valence-corrected chi connectivity index (χ3v) is 4.99. The van der Waals surface area contributed by atoms with E-state index in [1.165, 1.54) is 25.1 Å². The summed E-state index contributed by atoms with van der Waals surface area (Å²) in [6.45, 7) is 2.36. The van der Waals surface area contributed by atoms with Crippen molar-refractivity contribution in [2.24, 2.45) is 0 Å². The first-order valence-corrected chi connectivity index (χ1v) is 8.76. The zero-order valence-electron chi connectivity index (χ0n) is 12.2. The lowest BCUT2D eigenvalue weighted by atomic mass is 10.3. The van der Waals surface area contributed by atoms with Crippen molar-refractivity contribution in [3.63, 3.8) is 0 Å². The average Bonchev–Trinajstić information content (AvgIpc) is 2.45. The first-order chi connectivity index (χ1) is 10.3. The van der Waals surface area contributed by atoms with E-state index in [0.717, 1.165) is 0 Å². The molecule has 0 aliphatic carbocycles. The van der Waals surface area contributed by atoms with Crippen LogP contribution in [0.2, 0.25) is 10.0 Å². The van der Waals surface area contributed by atoms with Gasteiger partial charge in [-0.3, -0.25) is 4.79 Å². The summed E-state index contributed by atoms with van der Waals surface area (Å²) >= 11 is 11.6. The maximum absolute atomic E-state index is 12.2. The summed E-state index contributed by atoms with van der Waals surface area (Å²) < 4.78 is 31.6. The van der Waals surface area contributed by atoms with Gasteiger partial charge in [0.15, 0.2) is 0 Å².